The molecule has 0 fully saturated rings. The fourth-order valence-corrected chi connectivity index (χ4v) is 3.06. The second kappa shape index (κ2) is 7.20. The molecule has 0 saturated heterocycles. The molecule has 0 radical (unpaired) electrons. The van der Waals surface area contributed by atoms with Crippen molar-refractivity contribution < 1.29 is 13.5 Å². The van der Waals surface area contributed by atoms with Crippen LogP contribution in [0.25, 0.3) is 0 Å². The van der Waals surface area contributed by atoms with Gasteiger partial charge >= 0.3 is 0 Å². The topological polar surface area (TPSA) is 66.4 Å². The number of nitrogens with one attached hydrogen (secondary N) is 1. The first-order chi connectivity index (χ1) is 6.55. The Labute approximate surface area is 86.6 Å². The van der Waals surface area contributed by atoms with Crippen molar-refractivity contribution in [3.8, 4) is 0 Å². The Bertz CT molecular complexity index is 226. The molecule has 0 rings (SSSR count). The van der Waals surface area contributed by atoms with Gasteiger partial charge in [-0.2, -0.15) is 0 Å². The van der Waals surface area contributed by atoms with Gasteiger partial charge in [0, 0.05) is 12.6 Å². The average Bonchev–Trinajstić information content (AvgIpc) is 2.14. The van der Waals surface area contributed by atoms with E-state index >= 15 is 0 Å². The number of unbranched alkanes of at least 4 members (excludes halogenated alkanes) is 1. The Morgan fingerprint density at radius 1 is 1.43 bits per heavy atom. The Hall–Kier alpha value is -0.130. The summed E-state index contributed by atoms with van der Waals surface area (Å²) in [5.41, 5.74) is 0. The minimum Gasteiger partial charge on any atom is -0.396 e. The summed E-state index contributed by atoms with van der Waals surface area (Å²) in [6.07, 6.45) is 2.10. The first kappa shape index (κ1) is 13.9. The van der Waals surface area contributed by atoms with Crippen molar-refractivity contribution in [2.45, 2.75) is 32.2 Å². The molecule has 86 valence electrons. The van der Waals surface area contributed by atoms with E-state index in [0.29, 0.717) is 6.42 Å². The molecule has 0 aromatic rings. The van der Waals surface area contributed by atoms with Crippen LogP contribution in [0.1, 0.15) is 26.2 Å². The number of aliphatic hydroxyl groups excluding tert-OH is 1. The van der Waals surface area contributed by atoms with Crippen LogP contribution in [0.5, 0.6) is 0 Å². The van der Waals surface area contributed by atoms with Crippen LogP contribution in [-0.4, -0.2) is 44.7 Å². The standard InChI is InChI=1S/C9H21NO3S/c1-3-4-7-14(12,13)8-9(10-2)5-6-11/h9-11H,3-8H2,1-2H3. The molecule has 0 aromatic carbocycles. The molecule has 5 heteroatoms. The van der Waals surface area contributed by atoms with Gasteiger partial charge in [-0.25, -0.2) is 8.42 Å². The van der Waals surface area contributed by atoms with Crippen molar-refractivity contribution in [3.05, 3.63) is 0 Å². The molecule has 0 aliphatic heterocycles. The number of hydrogen-bond acceptors (Lipinski definition) is 4. The summed E-state index contributed by atoms with van der Waals surface area (Å²) in [5.74, 6) is 0.386. The van der Waals surface area contributed by atoms with Gasteiger partial charge < -0.3 is 10.4 Å². The lowest BCUT2D eigenvalue weighted by Gasteiger charge is -2.14. The molecular weight excluding hydrogens is 202 g/mol. The van der Waals surface area contributed by atoms with Crippen molar-refractivity contribution in [2.24, 2.45) is 0 Å². The molecule has 0 heterocycles. The van der Waals surface area contributed by atoms with Crippen LogP contribution < -0.4 is 5.32 Å². The van der Waals surface area contributed by atoms with Gasteiger partial charge in [0.25, 0.3) is 0 Å². The maximum Gasteiger partial charge on any atom is 0.151 e. The smallest absolute Gasteiger partial charge is 0.151 e. The van der Waals surface area contributed by atoms with E-state index in [2.05, 4.69) is 5.32 Å². The number of rotatable bonds is 8. The molecule has 14 heavy (non-hydrogen) atoms. The molecule has 0 amide bonds. The minimum atomic E-state index is -2.95. The zero-order valence-corrected chi connectivity index (χ0v) is 9.81. The third-order valence-electron chi connectivity index (χ3n) is 2.15. The van der Waals surface area contributed by atoms with Gasteiger partial charge in [-0.05, 0) is 19.9 Å². The maximum absolute atomic E-state index is 11.5. The first-order valence-electron chi connectivity index (χ1n) is 5.04. The van der Waals surface area contributed by atoms with E-state index in [0.717, 1.165) is 12.8 Å². The van der Waals surface area contributed by atoms with Crippen molar-refractivity contribution in [1.82, 2.24) is 5.32 Å². The lowest BCUT2D eigenvalue weighted by atomic mass is 10.2. The van der Waals surface area contributed by atoms with Crippen LogP contribution in [0.15, 0.2) is 0 Å². The predicted octanol–water partition coefficient (Wildman–Crippen LogP) is 0.172. The van der Waals surface area contributed by atoms with E-state index in [1.54, 1.807) is 7.05 Å². The maximum atomic E-state index is 11.5. The van der Waals surface area contributed by atoms with Gasteiger partial charge in [-0.3, -0.25) is 0 Å². The van der Waals surface area contributed by atoms with Crippen molar-refractivity contribution in [3.63, 3.8) is 0 Å². The summed E-state index contributed by atoms with van der Waals surface area (Å²) >= 11 is 0. The quantitative estimate of drug-likeness (QED) is 0.616. The Morgan fingerprint density at radius 2 is 2.07 bits per heavy atom. The van der Waals surface area contributed by atoms with Crippen molar-refractivity contribution in [2.75, 3.05) is 25.2 Å². The summed E-state index contributed by atoms with van der Waals surface area (Å²) < 4.78 is 23.0. The summed E-state index contributed by atoms with van der Waals surface area (Å²) in [7, 11) is -1.23. The van der Waals surface area contributed by atoms with E-state index in [9.17, 15) is 8.42 Å². The number of hydrogen-bond donors (Lipinski definition) is 2. The van der Waals surface area contributed by atoms with Crippen LogP contribution in [0.3, 0.4) is 0 Å². The Morgan fingerprint density at radius 3 is 2.50 bits per heavy atom. The van der Waals surface area contributed by atoms with Crippen LogP contribution in [0, 0.1) is 0 Å². The molecule has 4 nitrogen and oxygen atoms in total. The summed E-state index contributed by atoms with van der Waals surface area (Å²) in [6, 6.07) is -0.123. The molecule has 0 aliphatic carbocycles. The van der Waals surface area contributed by atoms with E-state index in [-0.39, 0.29) is 24.2 Å². The monoisotopic (exact) mass is 223 g/mol. The first-order valence-corrected chi connectivity index (χ1v) is 6.86. The van der Waals surface area contributed by atoms with Crippen LogP contribution in [0.2, 0.25) is 0 Å². The lowest BCUT2D eigenvalue weighted by Crippen LogP contribution is -2.34. The molecule has 0 spiro atoms. The molecule has 0 aliphatic rings. The zero-order chi connectivity index (χ0) is 11.0. The molecule has 0 saturated carbocycles. The molecule has 1 unspecified atom stereocenters. The summed E-state index contributed by atoms with van der Waals surface area (Å²) in [6.45, 7) is 1.99. The molecule has 2 N–H and O–H groups in total. The molecule has 0 aromatic heterocycles. The zero-order valence-electron chi connectivity index (χ0n) is 8.99. The lowest BCUT2D eigenvalue weighted by molar-refractivity contribution is 0.272. The van der Waals surface area contributed by atoms with Gasteiger partial charge in [0.1, 0.15) is 0 Å². The van der Waals surface area contributed by atoms with Gasteiger partial charge in [-0.15, -0.1) is 0 Å². The van der Waals surface area contributed by atoms with Crippen LogP contribution in [-0.2, 0) is 9.84 Å². The predicted molar refractivity (Wildman–Crippen MR) is 58.1 cm³/mol. The highest BCUT2D eigenvalue weighted by Gasteiger charge is 2.16. The molecule has 1 atom stereocenters. The minimum absolute atomic E-state index is 0.0226. The van der Waals surface area contributed by atoms with E-state index in [1.807, 2.05) is 6.92 Å². The Balaban J connectivity index is 4.04. The molecule has 0 bridgehead atoms. The highest BCUT2D eigenvalue weighted by molar-refractivity contribution is 7.91. The van der Waals surface area contributed by atoms with Gasteiger partial charge in [-0.1, -0.05) is 13.3 Å². The second-order valence-electron chi connectivity index (χ2n) is 3.47. The third-order valence-corrected chi connectivity index (χ3v) is 3.97. The fourth-order valence-electron chi connectivity index (χ4n) is 1.22. The van der Waals surface area contributed by atoms with Gasteiger partial charge in [0.05, 0.1) is 11.5 Å². The summed E-state index contributed by atoms with van der Waals surface area (Å²) in [4.78, 5) is 0. The van der Waals surface area contributed by atoms with Crippen LogP contribution >= 0.6 is 0 Å². The highest BCUT2D eigenvalue weighted by Crippen LogP contribution is 2.02. The number of sulfone groups is 1. The van der Waals surface area contributed by atoms with Gasteiger partial charge in [0.15, 0.2) is 9.84 Å². The Kier molecular flexibility index (Phi) is 7.13. The third kappa shape index (κ3) is 6.34. The highest BCUT2D eigenvalue weighted by atomic mass is 32.2. The van der Waals surface area contributed by atoms with Gasteiger partial charge in [0.2, 0.25) is 0 Å². The number of aliphatic hydroxyl groups is 1. The summed E-state index contributed by atoms with van der Waals surface area (Å²) in [5, 5.41) is 11.6. The second-order valence-corrected chi connectivity index (χ2v) is 5.69. The molecular formula is C9H21NO3S. The van der Waals surface area contributed by atoms with E-state index < -0.39 is 9.84 Å². The fraction of sp³-hybridized carbons (Fsp3) is 1.00. The SMILES string of the molecule is CCCCS(=O)(=O)CC(CCO)NC. The average molecular weight is 223 g/mol. The van der Waals surface area contributed by atoms with Crippen molar-refractivity contribution in [1.29, 1.82) is 0 Å². The van der Waals surface area contributed by atoms with Crippen LogP contribution in [0.4, 0.5) is 0 Å². The van der Waals surface area contributed by atoms with Crippen molar-refractivity contribution >= 4 is 9.84 Å². The largest absolute Gasteiger partial charge is 0.396 e. The van der Waals surface area contributed by atoms with E-state index in [1.165, 1.54) is 0 Å². The van der Waals surface area contributed by atoms with E-state index in [4.69, 9.17) is 5.11 Å². The normalized spacial score (nSPS) is 14.2.